The van der Waals surface area contributed by atoms with E-state index in [1.165, 1.54) is 18.4 Å². The Morgan fingerprint density at radius 1 is 1.45 bits per heavy atom. The zero-order valence-corrected chi connectivity index (χ0v) is 12.5. The summed E-state index contributed by atoms with van der Waals surface area (Å²) >= 11 is 0. The first-order chi connectivity index (χ1) is 9.72. The Bertz CT molecular complexity index is 441. The van der Waals surface area contributed by atoms with Gasteiger partial charge in [0.05, 0.1) is 6.61 Å². The smallest absolute Gasteiger partial charge is 0.128 e. The van der Waals surface area contributed by atoms with E-state index in [0.29, 0.717) is 6.04 Å². The maximum Gasteiger partial charge on any atom is 0.128 e. The Labute approximate surface area is 122 Å². The van der Waals surface area contributed by atoms with Crippen LogP contribution >= 0.6 is 0 Å². The number of benzene rings is 1. The zero-order valence-electron chi connectivity index (χ0n) is 12.5. The lowest BCUT2D eigenvalue weighted by Crippen LogP contribution is -2.17. The van der Waals surface area contributed by atoms with E-state index < -0.39 is 0 Å². The average Bonchev–Trinajstić information content (AvgIpc) is 3.28. The number of ether oxygens (including phenoxy) is 2. The van der Waals surface area contributed by atoms with Gasteiger partial charge in [0, 0.05) is 24.2 Å². The molecule has 1 aliphatic rings. The van der Waals surface area contributed by atoms with Gasteiger partial charge in [-0.15, -0.1) is 0 Å². The van der Waals surface area contributed by atoms with E-state index in [-0.39, 0.29) is 6.10 Å². The predicted octanol–water partition coefficient (Wildman–Crippen LogP) is 3.68. The summed E-state index contributed by atoms with van der Waals surface area (Å²) in [5.74, 6) is 1.76. The lowest BCUT2D eigenvalue weighted by molar-refractivity contribution is 0.262. The molecular weight excluding hydrogens is 250 g/mol. The molecule has 1 saturated carbocycles. The lowest BCUT2D eigenvalue weighted by Gasteiger charge is -2.17. The fraction of sp³-hybridized carbons (Fsp3) is 0.529. The van der Waals surface area contributed by atoms with Crippen LogP contribution in [0.15, 0.2) is 30.9 Å². The first-order valence-electron chi connectivity index (χ1n) is 7.51. The summed E-state index contributed by atoms with van der Waals surface area (Å²) in [6, 6.07) is 6.78. The van der Waals surface area contributed by atoms with Crippen LogP contribution in [-0.2, 0) is 6.54 Å². The number of nitrogens with one attached hydrogen (secondary N) is 1. The van der Waals surface area contributed by atoms with E-state index in [4.69, 9.17) is 9.47 Å². The van der Waals surface area contributed by atoms with Gasteiger partial charge in [0.15, 0.2) is 0 Å². The second kappa shape index (κ2) is 7.34. The van der Waals surface area contributed by atoms with Crippen molar-refractivity contribution in [3.05, 3.63) is 36.4 Å². The Kier molecular flexibility index (Phi) is 5.48. The molecule has 1 aromatic carbocycles. The fourth-order valence-corrected chi connectivity index (χ4v) is 1.89. The van der Waals surface area contributed by atoms with Gasteiger partial charge in [0.1, 0.15) is 17.6 Å². The monoisotopic (exact) mass is 275 g/mol. The highest BCUT2D eigenvalue weighted by Gasteiger charge is 2.21. The quantitative estimate of drug-likeness (QED) is 0.697. The van der Waals surface area contributed by atoms with Crippen LogP contribution in [-0.4, -0.2) is 18.8 Å². The van der Waals surface area contributed by atoms with Crippen molar-refractivity contribution in [2.24, 2.45) is 0 Å². The summed E-state index contributed by atoms with van der Waals surface area (Å²) in [4.78, 5) is 0. The summed E-state index contributed by atoms with van der Waals surface area (Å²) in [5.41, 5.74) is 1.18. The molecule has 0 aromatic heterocycles. The van der Waals surface area contributed by atoms with E-state index in [1.54, 1.807) is 6.08 Å². The summed E-state index contributed by atoms with van der Waals surface area (Å²) in [5, 5.41) is 3.52. The van der Waals surface area contributed by atoms with Crippen molar-refractivity contribution in [2.75, 3.05) is 6.61 Å². The molecule has 1 aromatic rings. The highest BCUT2D eigenvalue weighted by atomic mass is 16.5. The Hall–Kier alpha value is -1.48. The SMILES string of the molecule is C=CC(C)Oc1cc(OCCC)ccc1CNC1CC1. The van der Waals surface area contributed by atoms with Crippen LogP contribution in [0.4, 0.5) is 0 Å². The first kappa shape index (κ1) is 14.9. The predicted molar refractivity (Wildman–Crippen MR) is 82.4 cm³/mol. The molecule has 3 heteroatoms. The van der Waals surface area contributed by atoms with Crippen molar-refractivity contribution in [3.63, 3.8) is 0 Å². The lowest BCUT2D eigenvalue weighted by atomic mass is 10.2. The normalized spacial score (nSPS) is 15.7. The largest absolute Gasteiger partial charge is 0.493 e. The molecule has 1 atom stereocenters. The molecule has 0 radical (unpaired) electrons. The van der Waals surface area contributed by atoms with E-state index in [0.717, 1.165) is 31.1 Å². The molecule has 0 heterocycles. The third-order valence-electron chi connectivity index (χ3n) is 3.31. The molecular formula is C17H25NO2. The van der Waals surface area contributed by atoms with Crippen molar-refractivity contribution in [1.82, 2.24) is 5.32 Å². The Morgan fingerprint density at radius 2 is 2.25 bits per heavy atom. The standard InChI is InChI=1S/C17H25NO2/c1-4-10-19-16-9-6-14(12-18-15-7-8-15)17(11-16)20-13(3)5-2/h5-6,9,11,13,15,18H,2,4,7-8,10,12H2,1,3H3. The van der Waals surface area contributed by atoms with Crippen molar-refractivity contribution < 1.29 is 9.47 Å². The molecule has 1 N–H and O–H groups in total. The van der Waals surface area contributed by atoms with E-state index >= 15 is 0 Å². The average molecular weight is 275 g/mol. The molecule has 110 valence electrons. The highest BCUT2D eigenvalue weighted by Crippen LogP contribution is 2.27. The second-order valence-corrected chi connectivity index (χ2v) is 5.33. The molecule has 1 aliphatic carbocycles. The van der Waals surface area contributed by atoms with Gasteiger partial charge >= 0.3 is 0 Å². The van der Waals surface area contributed by atoms with Crippen LogP contribution in [0, 0.1) is 0 Å². The molecule has 0 saturated heterocycles. The number of hydrogen-bond acceptors (Lipinski definition) is 3. The van der Waals surface area contributed by atoms with E-state index in [9.17, 15) is 0 Å². The van der Waals surface area contributed by atoms with Crippen LogP contribution in [0.5, 0.6) is 11.5 Å². The minimum atomic E-state index is -0.00361. The van der Waals surface area contributed by atoms with Gasteiger partial charge in [-0.1, -0.05) is 25.6 Å². The van der Waals surface area contributed by atoms with E-state index in [1.807, 2.05) is 19.1 Å². The van der Waals surface area contributed by atoms with Crippen molar-refractivity contribution in [1.29, 1.82) is 0 Å². The first-order valence-corrected chi connectivity index (χ1v) is 7.51. The summed E-state index contributed by atoms with van der Waals surface area (Å²) in [6.07, 6.45) is 5.38. The highest BCUT2D eigenvalue weighted by molar-refractivity contribution is 5.41. The molecule has 1 unspecified atom stereocenters. The van der Waals surface area contributed by atoms with Crippen molar-refractivity contribution in [2.45, 2.75) is 51.8 Å². The maximum absolute atomic E-state index is 5.93. The molecule has 0 aliphatic heterocycles. The second-order valence-electron chi connectivity index (χ2n) is 5.33. The zero-order chi connectivity index (χ0) is 14.4. The Balaban J connectivity index is 2.07. The van der Waals surface area contributed by atoms with Crippen LogP contribution in [0.25, 0.3) is 0 Å². The molecule has 1 fully saturated rings. The van der Waals surface area contributed by atoms with Gasteiger partial charge in [0.25, 0.3) is 0 Å². The van der Waals surface area contributed by atoms with Crippen molar-refractivity contribution in [3.8, 4) is 11.5 Å². The van der Waals surface area contributed by atoms with Gasteiger partial charge in [-0.3, -0.25) is 0 Å². The molecule has 0 spiro atoms. The molecule has 2 rings (SSSR count). The van der Waals surface area contributed by atoms with Crippen LogP contribution in [0.1, 0.15) is 38.7 Å². The van der Waals surface area contributed by atoms with Crippen molar-refractivity contribution >= 4 is 0 Å². The summed E-state index contributed by atoms with van der Waals surface area (Å²) in [7, 11) is 0. The Morgan fingerprint density at radius 3 is 2.90 bits per heavy atom. The maximum atomic E-state index is 5.93. The molecule has 0 amide bonds. The van der Waals surface area contributed by atoms with Crippen LogP contribution in [0.3, 0.4) is 0 Å². The van der Waals surface area contributed by atoms with Gasteiger partial charge in [-0.05, 0) is 32.3 Å². The molecule has 0 bridgehead atoms. The fourth-order valence-electron chi connectivity index (χ4n) is 1.89. The third kappa shape index (κ3) is 4.57. The molecule has 3 nitrogen and oxygen atoms in total. The minimum absolute atomic E-state index is 0.00361. The third-order valence-corrected chi connectivity index (χ3v) is 3.31. The van der Waals surface area contributed by atoms with Gasteiger partial charge in [0.2, 0.25) is 0 Å². The molecule has 20 heavy (non-hydrogen) atoms. The summed E-state index contributed by atoms with van der Waals surface area (Å²) in [6.45, 7) is 9.44. The van der Waals surface area contributed by atoms with Crippen LogP contribution < -0.4 is 14.8 Å². The van der Waals surface area contributed by atoms with Gasteiger partial charge in [-0.2, -0.15) is 0 Å². The van der Waals surface area contributed by atoms with Crippen LogP contribution in [0.2, 0.25) is 0 Å². The topological polar surface area (TPSA) is 30.5 Å². The van der Waals surface area contributed by atoms with E-state index in [2.05, 4.69) is 24.9 Å². The minimum Gasteiger partial charge on any atom is -0.493 e. The summed E-state index contributed by atoms with van der Waals surface area (Å²) < 4.78 is 11.6. The number of rotatable bonds is 9. The number of hydrogen-bond donors (Lipinski definition) is 1. The van der Waals surface area contributed by atoms with Gasteiger partial charge in [-0.25, -0.2) is 0 Å². The van der Waals surface area contributed by atoms with Gasteiger partial charge < -0.3 is 14.8 Å².